The number of nitrogen functional groups attached to an aromatic ring is 1. The van der Waals surface area contributed by atoms with Gasteiger partial charge in [-0.15, -0.1) is 0 Å². The van der Waals surface area contributed by atoms with E-state index in [0.29, 0.717) is 22.5 Å². The van der Waals surface area contributed by atoms with Crippen LogP contribution in [0.4, 0.5) is 16.0 Å². The van der Waals surface area contributed by atoms with Crippen LogP contribution in [0.15, 0.2) is 41.6 Å². The van der Waals surface area contributed by atoms with Gasteiger partial charge in [0.15, 0.2) is 5.16 Å². The van der Waals surface area contributed by atoms with E-state index in [9.17, 15) is 9.18 Å². The number of benzene rings is 1. The monoisotopic (exact) mass is 372 g/mol. The number of amides is 1. The van der Waals surface area contributed by atoms with Crippen LogP contribution in [0, 0.1) is 19.7 Å². The number of nitrogens with zero attached hydrogens (tertiary/aromatic N) is 4. The van der Waals surface area contributed by atoms with Crippen molar-refractivity contribution in [1.82, 2.24) is 19.7 Å². The lowest BCUT2D eigenvalue weighted by atomic mass is 10.3. The topological polar surface area (TPSA) is 98.7 Å². The van der Waals surface area contributed by atoms with Crippen molar-refractivity contribution in [2.75, 3.05) is 16.8 Å². The molecule has 1 amide bonds. The van der Waals surface area contributed by atoms with Crippen LogP contribution in [0.25, 0.3) is 5.69 Å². The van der Waals surface area contributed by atoms with E-state index in [1.807, 2.05) is 13.8 Å². The third-order valence-corrected chi connectivity index (χ3v) is 4.20. The lowest BCUT2D eigenvalue weighted by molar-refractivity contribution is -0.113. The van der Waals surface area contributed by atoms with Gasteiger partial charge in [0.25, 0.3) is 0 Å². The molecule has 134 valence electrons. The second-order valence-corrected chi connectivity index (χ2v) is 6.56. The quantitative estimate of drug-likeness (QED) is 0.528. The Kier molecular flexibility index (Phi) is 5.17. The number of aryl methyl sites for hydroxylation is 2. The number of nitrogens with two attached hydrogens (primary N) is 1. The molecule has 0 atom stereocenters. The summed E-state index contributed by atoms with van der Waals surface area (Å²) in [6.07, 6.45) is 0. The van der Waals surface area contributed by atoms with E-state index in [2.05, 4.69) is 20.4 Å². The van der Waals surface area contributed by atoms with Crippen molar-refractivity contribution in [1.29, 1.82) is 0 Å². The zero-order chi connectivity index (χ0) is 18.7. The molecular formula is C17H17FN6OS. The first-order valence-electron chi connectivity index (χ1n) is 7.77. The molecule has 0 saturated carbocycles. The summed E-state index contributed by atoms with van der Waals surface area (Å²) < 4.78 is 14.7. The van der Waals surface area contributed by atoms with E-state index in [-0.39, 0.29) is 17.5 Å². The maximum atomic E-state index is 13.1. The molecule has 0 fully saturated rings. The molecule has 0 saturated heterocycles. The minimum atomic E-state index is -0.336. The van der Waals surface area contributed by atoms with Crippen molar-refractivity contribution in [2.24, 2.45) is 0 Å². The van der Waals surface area contributed by atoms with Crippen LogP contribution in [0.1, 0.15) is 11.4 Å². The number of hydrogen-bond donors (Lipinski definition) is 2. The van der Waals surface area contributed by atoms with Gasteiger partial charge in [-0.2, -0.15) is 5.10 Å². The highest BCUT2D eigenvalue weighted by Gasteiger charge is 2.12. The van der Waals surface area contributed by atoms with Gasteiger partial charge in [-0.05, 0) is 38.1 Å². The van der Waals surface area contributed by atoms with Gasteiger partial charge in [-0.3, -0.25) is 4.79 Å². The summed E-state index contributed by atoms with van der Waals surface area (Å²) in [4.78, 5) is 20.6. The molecule has 0 aliphatic carbocycles. The maximum absolute atomic E-state index is 13.1. The number of anilines is 2. The highest BCUT2D eigenvalue weighted by molar-refractivity contribution is 7.99. The Morgan fingerprint density at radius 2 is 1.92 bits per heavy atom. The van der Waals surface area contributed by atoms with E-state index >= 15 is 0 Å². The van der Waals surface area contributed by atoms with E-state index in [0.717, 1.165) is 11.4 Å². The summed E-state index contributed by atoms with van der Waals surface area (Å²) in [6.45, 7) is 3.62. The minimum absolute atomic E-state index is 0.122. The van der Waals surface area contributed by atoms with E-state index < -0.39 is 0 Å². The van der Waals surface area contributed by atoms with Gasteiger partial charge in [-0.25, -0.2) is 19.0 Å². The van der Waals surface area contributed by atoms with Crippen molar-refractivity contribution >= 4 is 29.3 Å². The SMILES string of the molecule is Cc1cc(N)nc(SCC(=O)Nc2cc(C)nn2-c2ccc(F)cc2)n1. The molecule has 3 rings (SSSR count). The van der Waals surface area contributed by atoms with Crippen molar-refractivity contribution < 1.29 is 9.18 Å². The van der Waals surface area contributed by atoms with E-state index in [4.69, 9.17) is 5.73 Å². The third kappa shape index (κ3) is 4.37. The van der Waals surface area contributed by atoms with Gasteiger partial charge in [0.2, 0.25) is 5.91 Å². The summed E-state index contributed by atoms with van der Waals surface area (Å²) >= 11 is 1.19. The third-order valence-electron chi connectivity index (χ3n) is 3.36. The second-order valence-electron chi connectivity index (χ2n) is 5.61. The molecule has 0 aliphatic rings. The lowest BCUT2D eigenvalue weighted by Crippen LogP contribution is -2.17. The Balaban J connectivity index is 1.70. The average molecular weight is 372 g/mol. The smallest absolute Gasteiger partial charge is 0.236 e. The number of hydrogen-bond acceptors (Lipinski definition) is 6. The number of rotatable bonds is 5. The van der Waals surface area contributed by atoms with Gasteiger partial charge in [-0.1, -0.05) is 11.8 Å². The number of nitrogens with one attached hydrogen (secondary N) is 1. The number of halogens is 1. The van der Waals surface area contributed by atoms with Gasteiger partial charge in [0, 0.05) is 17.8 Å². The molecule has 2 aromatic heterocycles. The largest absolute Gasteiger partial charge is 0.384 e. The molecule has 1 aromatic carbocycles. The fourth-order valence-corrected chi connectivity index (χ4v) is 3.02. The Morgan fingerprint density at radius 1 is 1.19 bits per heavy atom. The van der Waals surface area contributed by atoms with Crippen LogP contribution < -0.4 is 11.1 Å². The first-order valence-corrected chi connectivity index (χ1v) is 8.76. The Labute approximate surface area is 153 Å². The predicted octanol–water partition coefficient (Wildman–Crippen LogP) is 2.73. The van der Waals surface area contributed by atoms with E-state index in [1.54, 1.807) is 28.9 Å². The molecule has 26 heavy (non-hydrogen) atoms. The number of aromatic nitrogens is 4. The first kappa shape index (κ1) is 17.9. The van der Waals surface area contributed by atoms with Gasteiger partial charge in [0.1, 0.15) is 17.5 Å². The maximum Gasteiger partial charge on any atom is 0.236 e. The molecule has 0 aliphatic heterocycles. The van der Waals surface area contributed by atoms with Crippen LogP contribution in [-0.2, 0) is 4.79 Å². The number of carbonyl (C=O) groups is 1. The zero-order valence-electron chi connectivity index (χ0n) is 14.2. The van der Waals surface area contributed by atoms with E-state index in [1.165, 1.54) is 23.9 Å². The summed E-state index contributed by atoms with van der Waals surface area (Å²) in [5.74, 6) is 0.421. The number of thioether (sulfide) groups is 1. The molecule has 0 bridgehead atoms. The second kappa shape index (κ2) is 7.52. The van der Waals surface area contributed by atoms with Crippen molar-refractivity contribution in [3.63, 3.8) is 0 Å². The minimum Gasteiger partial charge on any atom is -0.384 e. The number of carbonyl (C=O) groups excluding carboxylic acids is 1. The molecule has 0 unspecified atom stereocenters. The lowest BCUT2D eigenvalue weighted by Gasteiger charge is -2.09. The molecule has 3 aromatic rings. The molecular weight excluding hydrogens is 355 g/mol. The standard InChI is InChI=1S/C17H17FN6OS/c1-10-7-14(19)21-17(20-10)26-9-16(25)22-15-8-11(2)23-24(15)13-5-3-12(18)4-6-13/h3-8H,9H2,1-2H3,(H,22,25)(H2,19,20,21). The van der Waals surface area contributed by atoms with Crippen LogP contribution in [0.5, 0.6) is 0 Å². The molecule has 0 radical (unpaired) electrons. The van der Waals surface area contributed by atoms with Crippen LogP contribution in [-0.4, -0.2) is 31.4 Å². The normalized spacial score (nSPS) is 10.7. The average Bonchev–Trinajstić information content (AvgIpc) is 2.93. The summed E-state index contributed by atoms with van der Waals surface area (Å²) in [5, 5.41) is 7.59. The molecule has 0 spiro atoms. The summed E-state index contributed by atoms with van der Waals surface area (Å²) in [6, 6.07) is 9.27. The van der Waals surface area contributed by atoms with Gasteiger partial charge >= 0.3 is 0 Å². The Hall–Kier alpha value is -2.94. The van der Waals surface area contributed by atoms with Crippen molar-refractivity contribution in [2.45, 2.75) is 19.0 Å². The molecule has 7 nitrogen and oxygen atoms in total. The Morgan fingerprint density at radius 3 is 2.62 bits per heavy atom. The highest BCUT2D eigenvalue weighted by Crippen LogP contribution is 2.19. The van der Waals surface area contributed by atoms with Crippen molar-refractivity contribution in [3.05, 3.63) is 53.6 Å². The highest BCUT2D eigenvalue weighted by atomic mass is 32.2. The first-order chi connectivity index (χ1) is 12.4. The van der Waals surface area contributed by atoms with Gasteiger partial charge in [0.05, 0.1) is 17.1 Å². The molecule has 3 N–H and O–H groups in total. The van der Waals surface area contributed by atoms with Crippen molar-refractivity contribution in [3.8, 4) is 5.69 Å². The predicted molar refractivity (Wildman–Crippen MR) is 98.8 cm³/mol. The molecule has 2 heterocycles. The van der Waals surface area contributed by atoms with Crippen LogP contribution in [0.2, 0.25) is 0 Å². The fraction of sp³-hybridized carbons (Fsp3) is 0.176. The summed E-state index contributed by atoms with van der Waals surface area (Å²) in [7, 11) is 0. The van der Waals surface area contributed by atoms with Crippen LogP contribution in [0.3, 0.4) is 0 Å². The Bertz CT molecular complexity index is 921. The van der Waals surface area contributed by atoms with Crippen LogP contribution >= 0.6 is 11.8 Å². The fourth-order valence-electron chi connectivity index (χ4n) is 2.31. The zero-order valence-corrected chi connectivity index (χ0v) is 15.0. The van der Waals surface area contributed by atoms with Gasteiger partial charge < -0.3 is 11.1 Å². The molecule has 9 heteroatoms. The summed E-state index contributed by atoms with van der Waals surface area (Å²) in [5.41, 5.74) is 7.80.